The number of hydrogen-bond acceptors (Lipinski definition) is 2. The zero-order valence-corrected chi connectivity index (χ0v) is 11.3. The fourth-order valence-electron chi connectivity index (χ4n) is 2.19. The molecule has 0 aliphatic rings. The van der Waals surface area contributed by atoms with Crippen LogP contribution in [-0.4, -0.2) is 4.98 Å². The Kier molecular flexibility index (Phi) is 6.87. The van der Waals surface area contributed by atoms with Crippen molar-refractivity contribution in [1.82, 2.24) is 4.98 Å². The Morgan fingerprint density at radius 3 is 2.59 bits per heavy atom. The second-order valence-corrected chi connectivity index (χ2v) is 4.84. The average molecular weight is 234 g/mol. The number of aromatic nitrogens is 1. The van der Waals surface area contributed by atoms with E-state index in [-0.39, 0.29) is 6.04 Å². The van der Waals surface area contributed by atoms with Crippen LogP contribution in [0.5, 0.6) is 0 Å². The number of pyridine rings is 1. The standard InChI is InChI=1S/C15H26N2/c1-3-4-5-6-7-8-11-15(16)14-10-9-12-17-13(14)2/h9-10,12,15H,3-8,11,16H2,1-2H3. The molecule has 1 unspecified atom stereocenters. The predicted molar refractivity (Wildman–Crippen MR) is 73.9 cm³/mol. The van der Waals surface area contributed by atoms with E-state index in [0.29, 0.717) is 0 Å². The van der Waals surface area contributed by atoms with E-state index in [9.17, 15) is 0 Å². The number of nitrogens with two attached hydrogens (primary N) is 1. The van der Waals surface area contributed by atoms with E-state index >= 15 is 0 Å². The molecule has 0 bridgehead atoms. The SMILES string of the molecule is CCCCCCCCC(N)c1cccnc1C. The minimum Gasteiger partial charge on any atom is -0.324 e. The Morgan fingerprint density at radius 2 is 1.88 bits per heavy atom. The maximum atomic E-state index is 6.20. The number of hydrogen-bond donors (Lipinski definition) is 1. The first-order valence-corrected chi connectivity index (χ1v) is 6.92. The van der Waals surface area contributed by atoms with Crippen LogP contribution in [0.3, 0.4) is 0 Å². The first kappa shape index (κ1) is 14.2. The van der Waals surface area contributed by atoms with Crippen molar-refractivity contribution in [3.8, 4) is 0 Å². The fraction of sp³-hybridized carbons (Fsp3) is 0.667. The van der Waals surface area contributed by atoms with Crippen LogP contribution < -0.4 is 5.73 Å². The minimum absolute atomic E-state index is 0.162. The summed E-state index contributed by atoms with van der Waals surface area (Å²) in [7, 11) is 0. The summed E-state index contributed by atoms with van der Waals surface area (Å²) in [4.78, 5) is 4.29. The molecular formula is C15H26N2. The second-order valence-electron chi connectivity index (χ2n) is 4.84. The molecule has 1 atom stereocenters. The van der Waals surface area contributed by atoms with E-state index in [1.165, 1.54) is 44.1 Å². The first-order valence-electron chi connectivity index (χ1n) is 6.92. The van der Waals surface area contributed by atoms with Crippen LogP contribution in [0.15, 0.2) is 18.3 Å². The molecule has 1 aromatic rings. The van der Waals surface area contributed by atoms with Crippen molar-refractivity contribution in [2.45, 2.75) is 64.8 Å². The lowest BCUT2D eigenvalue weighted by Crippen LogP contribution is -2.12. The van der Waals surface area contributed by atoms with Crippen LogP contribution in [-0.2, 0) is 0 Å². The molecule has 0 spiro atoms. The molecule has 1 aromatic heterocycles. The van der Waals surface area contributed by atoms with Gasteiger partial charge in [0.25, 0.3) is 0 Å². The molecule has 0 saturated heterocycles. The molecular weight excluding hydrogens is 208 g/mol. The second kappa shape index (κ2) is 8.24. The minimum atomic E-state index is 0.162. The van der Waals surface area contributed by atoms with Gasteiger partial charge in [0.1, 0.15) is 0 Å². The van der Waals surface area contributed by atoms with Crippen molar-refractivity contribution in [3.63, 3.8) is 0 Å². The van der Waals surface area contributed by atoms with Crippen molar-refractivity contribution in [1.29, 1.82) is 0 Å². The summed E-state index contributed by atoms with van der Waals surface area (Å²) in [5.41, 5.74) is 8.48. The number of nitrogens with zero attached hydrogens (tertiary/aromatic N) is 1. The van der Waals surface area contributed by atoms with Gasteiger partial charge in [0.05, 0.1) is 0 Å². The van der Waals surface area contributed by atoms with Gasteiger partial charge < -0.3 is 5.73 Å². The molecule has 1 heterocycles. The summed E-state index contributed by atoms with van der Waals surface area (Å²) < 4.78 is 0. The molecule has 0 aliphatic heterocycles. The van der Waals surface area contributed by atoms with Gasteiger partial charge in [0.15, 0.2) is 0 Å². The Morgan fingerprint density at radius 1 is 1.18 bits per heavy atom. The first-order chi connectivity index (χ1) is 8.25. The van der Waals surface area contributed by atoms with Gasteiger partial charge in [-0.2, -0.15) is 0 Å². The highest BCUT2D eigenvalue weighted by molar-refractivity contribution is 5.21. The van der Waals surface area contributed by atoms with Crippen LogP contribution in [0.4, 0.5) is 0 Å². The smallest absolute Gasteiger partial charge is 0.0420 e. The average Bonchev–Trinajstić information content (AvgIpc) is 2.34. The molecule has 0 radical (unpaired) electrons. The summed E-state index contributed by atoms with van der Waals surface area (Å²) in [6.07, 6.45) is 10.9. The third kappa shape index (κ3) is 5.31. The molecule has 0 aliphatic carbocycles. The van der Waals surface area contributed by atoms with E-state index in [1.807, 2.05) is 19.2 Å². The van der Waals surface area contributed by atoms with E-state index < -0.39 is 0 Å². The van der Waals surface area contributed by atoms with Crippen LogP contribution >= 0.6 is 0 Å². The molecule has 2 N–H and O–H groups in total. The van der Waals surface area contributed by atoms with Crippen LogP contribution in [0.25, 0.3) is 0 Å². The van der Waals surface area contributed by atoms with Crippen molar-refractivity contribution in [3.05, 3.63) is 29.6 Å². The number of unbranched alkanes of at least 4 members (excludes halogenated alkanes) is 5. The van der Waals surface area contributed by atoms with Crippen molar-refractivity contribution in [2.75, 3.05) is 0 Å². The molecule has 1 rings (SSSR count). The van der Waals surface area contributed by atoms with Gasteiger partial charge in [-0.05, 0) is 25.0 Å². The normalized spacial score (nSPS) is 12.6. The van der Waals surface area contributed by atoms with E-state index in [2.05, 4.69) is 18.0 Å². The zero-order chi connectivity index (χ0) is 12.5. The molecule has 0 amide bonds. The van der Waals surface area contributed by atoms with Crippen molar-refractivity contribution in [2.24, 2.45) is 5.73 Å². The van der Waals surface area contributed by atoms with Crippen LogP contribution in [0.1, 0.15) is 69.2 Å². The van der Waals surface area contributed by atoms with Gasteiger partial charge in [-0.3, -0.25) is 4.98 Å². The lowest BCUT2D eigenvalue weighted by Gasteiger charge is -2.13. The maximum Gasteiger partial charge on any atom is 0.0420 e. The van der Waals surface area contributed by atoms with Gasteiger partial charge in [0.2, 0.25) is 0 Å². The third-order valence-electron chi connectivity index (χ3n) is 3.32. The van der Waals surface area contributed by atoms with Crippen LogP contribution in [0, 0.1) is 6.92 Å². The topological polar surface area (TPSA) is 38.9 Å². The highest BCUT2D eigenvalue weighted by Gasteiger charge is 2.08. The fourth-order valence-corrected chi connectivity index (χ4v) is 2.19. The van der Waals surface area contributed by atoms with Gasteiger partial charge >= 0.3 is 0 Å². The predicted octanol–water partition coefficient (Wildman–Crippen LogP) is 4.14. The summed E-state index contributed by atoms with van der Waals surface area (Å²) in [5, 5.41) is 0. The quantitative estimate of drug-likeness (QED) is 0.686. The van der Waals surface area contributed by atoms with Gasteiger partial charge in [-0.25, -0.2) is 0 Å². The lowest BCUT2D eigenvalue weighted by molar-refractivity contribution is 0.545. The largest absolute Gasteiger partial charge is 0.324 e. The zero-order valence-electron chi connectivity index (χ0n) is 11.3. The Hall–Kier alpha value is -0.890. The molecule has 2 nitrogen and oxygen atoms in total. The third-order valence-corrected chi connectivity index (χ3v) is 3.32. The Balaban J connectivity index is 2.21. The van der Waals surface area contributed by atoms with Crippen molar-refractivity contribution < 1.29 is 0 Å². The molecule has 2 heteroatoms. The Bertz CT molecular complexity index is 310. The Labute approximate surface area is 106 Å². The maximum absolute atomic E-state index is 6.20. The summed E-state index contributed by atoms with van der Waals surface area (Å²) in [6.45, 7) is 4.29. The highest BCUT2D eigenvalue weighted by atomic mass is 14.7. The van der Waals surface area contributed by atoms with Gasteiger partial charge in [-0.15, -0.1) is 0 Å². The molecule has 17 heavy (non-hydrogen) atoms. The van der Waals surface area contributed by atoms with E-state index in [1.54, 1.807) is 0 Å². The van der Waals surface area contributed by atoms with Gasteiger partial charge in [-0.1, -0.05) is 51.5 Å². The molecule has 0 fully saturated rings. The molecule has 0 aromatic carbocycles. The number of rotatable bonds is 8. The van der Waals surface area contributed by atoms with Crippen molar-refractivity contribution >= 4 is 0 Å². The van der Waals surface area contributed by atoms with Crippen LogP contribution in [0.2, 0.25) is 0 Å². The molecule has 96 valence electrons. The molecule has 0 saturated carbocycles. The monoisotopic (exact) mass is 234 g/mol. The van der Waals surface area contributed by atoms with Gasteiger partial charge in [0, 0.05) is 17.9 Å². The summed E-state index contributed by atoms with van der Waals surface area (Å²) in [5.74, 6) is 0. The lowest BCUT2D eigenvalue weighted by atomic mass is 9.99. The summed E-state index contributed by atoms with van der Waals surface area (Å²) >= 11 is 0. The number of aryl methyl sites for hydroxylation is 1. The highest BCUT2D eigenvalue weighted by Crippen LogP contribution is 2.19. The van der Waals surface area contributed by atoms with E-state index in [4.69, 9.17) is 5.73 Å². The summed E-state index contributed by atoms with van der Waals surface area (Å²) in [6, 6.07) is 4.24. The van der Waals surface area contributed by atoms with E-state index in [0.717, 1.165) is 12.1 Å².